The summed E-state index contributed by atoms with van der Waals surface area (Å²) in [5.41, 5.74) is 0.897. The molecule has 4 nitrogen and oxygen atoms in total. The molecule has 0 heterocycles. The number of ether oxygens (including phenoxy) is 2. The molecule has 1 rings (SSSR count). The summed E-state index contributed by atoms with van der Waals surface area (Å²) in [7, 11) is 5.32. The Hall–Kier alpha value is -1.55. The van der Waals surface area contributed by atoms with Gasteiger partial charge in [0.2, 0.25) is 0 Å². The van der Waals surface area contributed by atoms with Crippen LogP contribution in [0.1, 0.15) is 18.5 Å². The van der Waals surface area contributed by atoms with Crippen LogP contribution < -0.4 is 4.74 Å². The van der Waals surface area contributed by atoms with Crippen LogP contribution in [0, 0.1) is 0 Å². The standard InChI is InChI=1S/C13H19NO3/c1-5-17-13(15)12(14(2)3)10-6-8-11(16-4)9-7-10/h6-9,12H,5H2,1-4H3. The summed E-state index contributed by atoms with van der Waals surface area (Å²) >= 11 is 0. The van der Waals surface area contributed by atoms with Gasteiger partial charge in [-0.15, -0.1) is 0 Å². The molecular weight excluding hydrogens is 218 g/mol. The van der Waals surface area contributed by atoms with Crippen LogP contribution >= 0.6 is 0 Å². The van der Waals surface area contributed by atoms with Gasteiger partial charge in [-0.1, -0.05) is 12.1 Å². The van der Waals surface area contributed by atoms with Crippen molar-refractivity contribution in [3.8, 4) is 5.75 Å². The molecular formula is C13H19NO3. The molecule has 0 aliphatic heterocycles. The fourth-order valence-corrected chi connectivity index (χ4v) is 1.65. The van der Waals surface area contributed by atoms with Crippen molar-refractivity contribution in [3.05, 3.63) is 29.8 Å². The second kappa shape index (κ2) is 6.25. The molecule has 1 atom stereocenters. The molecule has 0 fully saturated rings. The summed E-state index contributed by atoms with van der Waals surface area (Å²) in [6.45, 7) is 2.19. The van der Waals surface area contributed by atoms with Crippen molar-refractivity contribution in [2.45, 2.75) is 13.0 Å². The Morgan fingerprint density at radius 2 is 1.88 bits per heavy atom. The number of benzene rings is 1. The van der Waals surface area contributed by atoms with E-state index in [0.29, 0.717) is 6.61 Å². The first-order valence-corrected chi connectivity index (χ1v) is 5.57. The quantitative estimate of drug-likeness (QED) is 0.733. The third kappa shape index (κ3) is 3.46. The molecule has 1 unspecified atom stereocenters. The van der Waals surface area contributed by atoms with Gasteiger partial charge >= 0.3 is 5.97 Å². The van der Waals surface area contributed by atoms with E-state index >= 15 is 0 Å². The number of hydrogen-bond acceptors (Lipinski definition) is 4. The molecule has 0 spiro atoms. The van der Waals surface area contributed by atoms with Crippen LogP contribution in [-0.2, 0) is 9.53 Å². The summed E-state index contributed by atoms with van der Waals surface area (Å²) in [5.74, 6) is 0.540. The maximum atomic E-state index is 11.8. The third-order valence-electron chi connectivity index (χ3n) is 2.46. The van der Waals surface area contributed by atoms with Crippen molar-refractivity contribution in [1.82, 2.24) is 4.90 Å². The summed E-state index contributed by atoms with van der Waals surface area (Å²) in [4.78, 5) is 13.7. The van der Waals surface area contributed by atoms with Crippen LogP contribution in [0.15, 0.2) is 24.3 Å². The van der Waals surface area contributed by atoms with E-state index in [1.807, 2.05) is 43.3 Å². The van der Waals surface area contributed by atoms with Gasteiger partial charge in [0.15, 0.2) is 0 Å². The lowest BCUT2D eigenvalue weighted by molar-refractivity contribution is -0.148. The summed E-state index contributed by atoms with van der Waals surface area (Å²) in [6.07, 6.45) is 0. The molecule has 0 saturated heterocycles. The molecule has 0 bridgehead atoms. The lowest BCUT2D eigenvalue weighted by Gasteiger charge is -2.22. The van der Waals surface area contributed by atoms with Gasteiger partial charge in [-0.25, -0.2) is 4.79 Å². The first kappa shape index (κ1) is 13.5. The van der Waals surface area contributed by atoms with E-state index in [9.17, 15) is 4.79 Å². The van der Waals surface area contributed by atoms with Crippen LogP contribution in [-0.4, -0.2) is 38.7 Å². The van der Waals surface area contributed by atoms with Gasteiger partial charge in [-0.05, 0) is 38.7 Å². The lowest BCUT2D eigenvalue weighted by atomic mass is 10.1. The highest BCUT2D eigenvalue weighted by Crippen LogP contribution is 2.22. The molecule has 1 aromatic carbocycles. The SMILES string of the molecule is CCOC(=O)C(c1ccc(OC)cc1)N(C)C. The van der Waals surface area contributed by atoms with Gasteiger partial charge in [0.25, 0.3) is 0 Å². The van der Waals surface area contributed by atoms with E-state index in [-0.39, 0.29) is 12.0 Å². The Balaban J connectivity index is 2.93. The van der Waals surface area contributed by atoms with Crippen LogP contribution in [0.25, 0.3) is 0 Å². The largest absolute Gasteiger partial charge is 0.497 e. The fourth-order valence-electron chi connectivity index (χ4n) is 1.65. The Kier molecular flexibility index (Phi) is 4.97. The second-order valence-electron chi connectivity index (χ2n) is 3.89. The number of esters is 1. The molecule has 1 aromatic rings. The minimum atomic E-state index is -0.374. The van der Waals surface area contributed by atoms with Crippen molar-refractivity contribution in [2.24, 2.45) is 0 Å². The maximum Gasteiger partial charge on any atom is 0.327 e. The Morgan fingerprint density at radius 3 is 2.29 bits per heavy atom. The van der Waals surface area contributed by atoms with Crippen molar-refractivity contribution in [1.29, 1.82) is 0 Å². The van der Waals surface area contributed by atoms with Gasteiger partial charge in [0, 0.05) is 0 Å². The van der Waals surface area contributed by atoms with Gasteiger partial charge in [0.1, 0.15) is 11.8 Å². The summed E-state index contributed by atoms with van der Waals surface area (Å²) in [5, 5.41) is 0. The number of likely N-dealkylation sites (N-methyl/N-ethyl adjacent to an activating group) is 1. The zero-order valence-corrected chi connectivity index (χ0v) is 10.8. The molecule has 0 saturated carbocycles. The Bertz CT molecular complexity index is 359. The van der Waals surface area contributed by atoms with Crippen molar-refractivity contribution >= 4 is 5.97 Å². The summed E-state index contributed by atoms with van der Waals surface area (Å²) in [6, 6.07) is 7.05. The van der Waals surface area contributed by atoms with Crippen LogP contribution in [0.2, 0.25) is 0 Å². The Morgan fingerprint density at radius 1 is 1.29 bits per heavy atom. The smallest absolute Gasteiger partial charge is 0.327 e. The Labute approximate surface area is 102 Å². The maximum absolute atomic E-state index is 11.8. The van der Waals surface area contributed by atoms with E-state index in [4.69, 9.17) is 9.47 Å². The van der Waals surface area contributed by atoms with Crippen LogP contribution in [0.3, 0.4) is 0 Å². The second-order valence-corrected chi connectivity index (χ2v) is 3.89. The van der Waals surface area contributed by atoms with E-state index in [0.717, 1.165) is 11.3 Å². The van der Waals surface area contributed by atoms with Crippen molar-refractivity contribution in [3.63, 3.8) is 0 Å². The summed E-state index contributed by atoms with van der Waals surface area (Å²) < 4.78 is 10.2. The molecule has 0 aliphatic rings. The van der Waals surface area contributed by atoms with Gasteiger partial charge < -0.3 is 9.47 Å². The number of carbonyl (C=O) groups excluding carboxylic acids is 1. The molecule has 0 N–H and O–H groups in total. The number of nitrogens with zero attached hydrogens (tertiary/aromatic N) is 1. The minimum absolute atomic E-state index is 0.234. The van der Waals surface area contributed by atoms with E-state index in [1.165, 1.54) is 0 Å². The average Bonchev–Trinajstić information content (AvgIpc) is 2.30. The molecule has 17 heavy (non-hydrogen) atoms. The third-order valence-corrected chi connectivity index (χ3v) is 2.46. The van der Waals surface area contributed by atoms with Crippen LogP contribution in [0.5, 0.6) is 5.75 Å². The zero-order valence-electron chi connectivity index (χ0n) is 10.8. The highest BCUT2D eigenvalue weighted by Gasteiger charge is 2.23. The highest BCUT2D eigenvalue weighted by molar-refractivity contribution is 5.77. The van der Waals surface area contributed by atoms with Gasteiger partial charge in [-0.3, -0.25) is 4.90 Å². The van der Waals surface area contributed by atoms with Crippen LogP contribution in [0.4, 0.5) is 0 Å². The predicted octanol–water partition coefficient (Wildman–Crippen LogP) is 1.86. The normalized spacial score (nSPS) is 12.3. The molecule has 0 aliphatic carbocycles. The highest BCUT2D eigenvalue weighted by atomic mass is 16.5. The monoisotopic (exact) mass is 237 g/mol. The van der Waals surface area contributed by atoms with Gasteiger partial charge in [-0.2, -0.15) is 0 Å². The number of carbonyl (C=O) groups is 1. The van der Waals surface area contributed by atoms with Crippen molar-refractivity contribution < 1.29 is 14.3 Å². The zero-order chi connectivity index (χ0) is 12.8. The van der Waals surface area contributed by atoms with E-state index < -0.39 is 0 Å². The van der Waals surface area contributed by atoms with Gasteiger partial charge in [0.05, 0.1) is 13.7 Å². The van der Waals surface area contributed by atoms with E-state index in [1.54, 1.807) is 14.0 Å². The number of rotatable bonds is 5. The molecule has 94 valence electrons. The first-order valence-electron chi connectivity index (χ1n) is 5.57. The van der Waals surface area contributed by atoms with Crippen molar-refractivity contribution in [2.75, 3.05) is 27.8 Å². The lowest BCUT2D eigenvalue weighted by Crippen LogP contribution is -2.29. The van der Waals surface area contributed by atoms with E-state index in [2.05, 4.69) is 0 Å². The molecule has 4 heteroatoms. The number of methoxy groups -OCH3 is 1. The average molecular weight is 237 g/mol. The number of hydrogen-bond donors (Lipinski definition) is 0. The molecule has 0 amide bonds. The topological polar surface area (TPSA) is 38.8 Å². The minimum Gasteiger partial charge on any atom is -0.497 e. The first-order chi connectivity index (χ1) is 8.10. The fraction of sp³-hybridized carbons (Fsp3) is 0.462. The molecule has 0 radical (unpaired) electrons. The predicted molar refractivity (Wildman–Crippen MR) is 66.1 cm³/mol. The molecule has 0 aromatic heterocycles.